The van der Waals surface area contributed by atoms with Crippen molar-refractivity contribution >= 4 is 11.6 Å². The molecule has 1 fully saturated rings. The van der Waals surface area contributed by atoms with E-state index in [0.29, 0.717) is 23.7 Å². The van der Waals surface area contributed by atoms with E-state index in [1.165, 1.54) is 37.3 Å². The fraction of sp³-hybridized carbons (Fsp3) is 0.238. The molecule has 0 radical (unpaired) electrons. The molecule has 4 rings (SSSR count). The number of nitrogens with zero attached hydrogens (tertiary/aromatic N) is 2. The van der Waals surface area contributed by atoms with E-state index in [9.17, 15) is 9.90 Å². The van der Waals surface area contributed by atoms with E-state index in [-0.39, 0.29) is 17.4 Å². The first-order valence-corrected chi connectivity index (χ1v) is 9.02. The lowest BCUT2D eigenvalue weighted by molar-refractivity contribution is 0.0996. The van der Waals surface area contributed by atoms with E-state index in [1.54, 1.807) is 24.3 Å². The van der Waals surface area contributed by atoms with E-state index in [1.807, 2.05) is 16.8 Å². The molecule has 1 amide bonds. The first-order chi connectivity index (χ1) is 13.2. The Kier molecular flexibility index (Phi) is 4.54. The molecule has 1 aliphatic carbocycles. The number of aromatic nitrogens is 2. The van der Waals surface area contributed by atoms with E-state index in [0.717, 1.165) is 5.69 Å². The van der Waals surface area contributed by atoms with E-state index < -0.39 is 0 Å². The fourth-order valence-corrected chi connectivity index (χ4v) is 3.29. The lowest BCUT2D eigenvalue weighted by Gasteiger charge is -2.25. The Labute approximate surface area is 157 Å². The number of carbonyl (C=O) groups excluding carboxylic acids is 1. The molecule has 2 heterocycles. The number of hydrogen-bond donors (Lipinski definition) is 2. The van der Waals surface area contributed by atoms with Crippen LogP contribution in [0.15, 0.2) is 59.7 Å². The number of anilines is 1. The van der Waals surface area contributed by atoms with Crippen LogP contribution in [0.25, 0.3) is 11.3 Å². The number of benzene rings is 1. The number of nitrogens with one attached hydrogen (secondary N) is 1. The van der Waals surface area contributed by atoms with Crippen LogP contribution < -0.4 is 5.32 Å². The molecular weight excluding hydrogens is 342 g/mol. The lowest BCUT2D eigenvalue weighted by Crippen LogP contribution is -2.14. The largest absolute Gasteiger partial charge is 0.507 e. The first kappa shape index (κ1) is 17.1. The summed E-state index contributed by atoms with van der Waals surface area (Å²) in [5.74, 6) is 0.442. The second-order valence-corrected chi connectivity index (χ2v) is 6.72. The zero-order chi connectivity index (χ0) is 18.8. The maximum atomic E-state index is 12.1. The number of phenolic OH excluding ortho intramolecular Hbond substituents is 1. The van der Waals surface area contributed by atoms with Gasteiger partial charge in [-0.05, 0) is 43.2 Å². The number of hydrogen-bond acceptors (Lipinski definition) is 4. The first-order valence-electron chi connectivity index (χ1n) is 9.02. The molecule has 1 saturated carbocycles. The standard InChI is InChI=1S/C21H21N3O3/c1-2-10-24-18(14-5-3-6-14)13-17(23-24)16-9-8-15(12-19(16)25)22-21(26)20-7-4-11-27-20/h2,4,7-9,11-14,25H,1,3,5-6,10H2,(H,22,26). The third kappa shape index (κ3) is 3.38. The topological polar surface area (TPSA) is 80.3 Å². The summed E-state index contributed by atoms with van der Waals surface area (Å²) >= 11 is 0. The molecule has 27 heavy (non-hydrogen) atoms. The summed E-state index contributed by atoms with van der Waals surface area (Å²) in [5.41, 5.74) is 3.03. The second-order valence-electron chi connectivity index (χ2n) is 6.72. The highest BCUT2D eigenvalue weighted by atomic mass is 16.3. The van der Waals surface area contributed by atoms with Gasteiger partial charge in [0.2, 0.25) is 0 Å². The Hall–Kier alpha value is -3.28. The number of furan rings is 1. The summed E-state index contributed by atoms with van der Waals surface area (Å²) in [7, 11) is 0. The van der Waals surface area contributed by atoms with Gasteiger partial charge in [-0.25, -0.2) is 0 Å². The van der Waals surface area contributed by atoms with Crippen LogP contribution in [-0.2, 0) is 6.54 Å². The third-order valence-corrected chi connectivity index (χ3v) is 4.91. The Bertz CT molecular complexity index is 969. The molecule has 1 aliphatic rings. The Morgan fingerprint density at radius 1 is 1.37 bits per heavy atom. The van der Waals surface area contributed by atoms with E-state index in [4.69, 9.17) is 4.42 Å². The van der Waals surface area contributed by atoms with Crippen molar-refractivity contribution in [3.8, 4) is 17.0 Å². The summed E-state index contributed by atoms with van der Waals surface area (Å²) in [6.07, 6.45) is 6.85. The van der Waals surface area contributed by atoms with Crippen molar-refractivity contribution in [1.82, 2.24) is 9.78 Å². The highest BCUT2D eigenvalue weighted by molar-refractivity contribution is 6.02. The smallest absolute Gasteiger partial charge is 0.291 e. The molecule has 0 aliphatic heterocycles. The van der Waals surface area contributed by atoms with Gasteiger partial charge in [-0.15, -0.1) is 6.58 Å². The van der Waals surface area contributed by atoms with Gasteiger partial charge in [0.05, 0.1) is 18.5 Å². The Morgan fingerprint density at radius 2 is 2.22 bits per heavy atom. The van der Waals surface area contributed by atoms with Crippen molar-refractivity contribution < 1.29 is 14.3 Å². The number of phenols is 1. The van der Waals surface area contributed by atoms with Gasteiger partial charge >= 0.3 is 0 Å². The summed E-state index contributed by atoms with van der Waals surface area (Å²) < 4.78 is 7.03. The molecule has 3 aromatic rings. The van der Waals surface area contributed by atoms with Gasteiger partial charge in [-0.2, -0.15) is 5.10 Å². The van der Waals surface area contributed by atoms with Gasteiger partial charge in [-0.1, -0.05) is 12.5 Å². The zero-order valence-corrected chi connectivity index (χ0v) is 14.9. The Balaban J connectivity index is 1.59. The molecule has 2 aromatic heterocycles. The van der Waals surface area contributed by atoms with Crippen molar-refractivity contribution in [2.75, 3.05) is 5.32 Å². The maximum Gasteiger partial charge on any atom is 0.291 e. The monoisotopic (exact) mass is 363 g/mol. The number of carbonyl (C=O) groups is 1. The van der Waals surface area contributed by atoms with Crippen LogP contribution >= 0.6 is 0 Å². The molecule has 138 valence electrons. The molecule has 0 bridgehead atoms. The van der Waals surface area contributed by atoms with Gasteiger partial charge in [0.15, 0.2) is 5.76 Å². The molecule has 0 saturated heterocycles. The molecule has 0 spiro atoms. The molecule has 0 atom stereocenters. The van der Waals surface area contributed by atoms with Crippen molar-refractivity contribution in [2.24, 2.45) is 0 Å². The van der Waals surface area contributed by atoms with Crippen LogP contribution in [0.1, 0.15) is 41.4 Å². The highest BCUT2D eigenvalue weighted by Gasteiger charge is 2.25. The molecule has 0 unspecified atom stereocenters. The summed E-state index contributed by atoms with van der Waals surface area (Å²) in [6, 6.07) is 10.3. The van der Waals surface area contributed by atoms with Gasteiger partial charge in [-0.3, -0.25) is 9.48 Å². The molecule has 1 aromatic carbocycles. The summed E-state index contributed by atoms with van der Waals surface area (Å²) in [6.45, 7) is 4.44. The zero-order valence-electron chi connectivity index (χ0n) is 14.9. The molecular formula is C21H21N3O3. The SMILES string of the molecule is C=CCn1nc(-c2ccc(NC(=O)c3ccco3)cc2O)cc1C1CCC1. The van der Waals surface area contributed by atoms with Crippen LogP contribution in [-0.4, -0.2) is 20.8 Å². The lowest BCUT2D eigenvalue weighted by atomic mass is 9.82. The van der Waals surface area contributed by atoms with Gasteiger partial charge in [0.1, 0.15) is 5.75 Å². The van der Waals surface area contributed by atoms with Gasteiger partial charge in [0.25, 0.3) is 5.91 Å². The second kappa shape index (κ2) is 7.15. The van der Waals surface area contributed by atoms with Crippen LogP contribution in [0.5, 0.6) is 5.75 Å². The maximum absolute atomic E-state index is 12.1. The fourth-order valence-electron chi connectivity index (χ4n) is 3.29. The van der Waals surface area contributed by atoms with E-state index >= 15 is 0 Å². The van der Waals surface area contributed by atoms with Crippen LogP contribution in [0.2, 0.25) is 0 Å². The molecule has 6 heteroatoms. The number of amides is 1. The highest BCUT2D eigenvalue weighted by Crippen LogP contribution is 2.39. The van der Waals surface area contributed by atoms with Crippen LogP contribution in [0.4, 0.5) is 5.69 Å². The number of allylic oxidation sites excluding steroid dienone is 1. The third-order valence-electron chi connectivity index (χ3n) is 4.91. The van der Waals surface area contributed by atoms with E-state index in [2.05, 4.69) is 17.0 Å². The average molecular weight is 363 g/mol. The molecule has 6 nitrogen and oxygen atoms in total. The van der Waals surface area contributed by atoms with Gasteiger partial charge < -0.3 is 14.8 Å². The minimum atomic E-state index is -0.366. The minimum Gasteiger partial charge on any atom is -0.507 e. The Morgan fingerprint density at radius 3 is 2.85 bits per heavy atom. The van der Waals surface area contributed by atoms with Crippen molar-refractivity contribution in [1.29, 1.82) is 0 Å². The quantitative estimate of drug-likeness (QED) is 0.630. The van der Waals surface area contributed by atoms with Crippen LogP contribution in [0, 0.1) is 0 Å². The normalized spacial score (nSPS) is 13.9. The van der Waals surface area contributed by atoms with Crippen molar-refractivity contribution in [3.63, 3.8) is 0 Å². The number of aromatic hydroxyl groups is 1. The van der Waals surface area contributed by atoms with Crippen molar-refractivity contribution in [2.45, 2.75) is 31.7 Å². The average Bonchev–Trinajstić information content (AvgIpc) is 3.25. The predicted molar refractivity (Wildman–Crippen MR) is 103 cm³/mol. The van der Waals surface area contributed by atoms with Crippen molar-refractivity contribution in [3.05, 3.63) is 66.8 Å². The number of rotatable bonds is 6. The van der Waals surface area contributed by atoms with Gasteiger partial charge in [0, 0.05) is 28.9 Å². The summed E-state index contributed by atoms with van der Waals surface area (Å²) in [4.78, 5) is 12.1. The van der Waals surface area contributed by atoms with Crippen LogP contribution in [0.3, 0.4) is 0 Å². The summed E-state index contributed by atoms with van der Waals surface area (Å²) in [5, 5.41) is 17.8. The minimum absolute atomic E-state index is 0.0654. The molecule has 2 N–H and O–H groups in total. The predicted octanol–water partition coefficient (Wildman–Crippen LogP) is 4.55.